The highest BCUT2D eigenvalue weighted by molar-refractivity contribution is 5.19. The summed E-state index contributed by atoms with van der Waals surface area (Å²) < 4.78 is 5.34. The third-order valence-corrected chi connectivity index (χ3v) is 3.80. The van der Waals surface area contributed by atoms with Gasteiger partial charge in [-0.25, -0.2) is 0 Å². The van der Waals surface area contributed by atoms with Gasteiger partial charge < -0.3 is 15.1 Å². The van der Waals surface area contributed by atoms with Gasteiger partial charge >= 0.3 is 0 Å². The minimum atomic E-state index is 0.0732. The lowest BCUT2D eigenvalue weighted by Crippen LogP contribution is -2.30. The molecule has 0 spiro atoms. The zero-order valence-corrected chi connectivity index (χ0v) is 12.5. The quantitative estimate of drug-likeness (QED) is 0.877. The number of benzene rings is 1. The van der Waals surface area contributed by atoms with E-state index in [1.165, 1.54) is 11.1 Å². The third kappa shape index (κ3) is 3.71. The van der Waals surface area contributed by atoms with Gasteiger partial charge in [0.05, 0.1) is 6.26 Å². The topological polar surface area (TPSA) is 42.4 Å². The molecule has 108 valence electrons. The Morgan fingerprint density at radius 2 is 1.90 bits per heavy atom. The molecule has 0 radical (unpaired) electrons. The average Bonchev–Trinajstić information content (AvgIpc) is 2.84. The summed E-state index contributed by atoms with van der Waals surface area (Å²) in [6.45, 7) is 6.06. The van der Waals surface area contributed by atoms with Crippen molar-refractivity contribution in [3.05, 3.63) is 59.5 Å². The first-order valence-corrected chi connectivity index (χ1v) is 7.10. The SMILES string of the molecule is Cc1occc1CN(C)CC(C)C(N)c1ccccc1. The fraction of sp³-hybridized carbons (Fsp3) is 0.412. The van der Waals surface area contributed by atoms with E-state index >= 15 is 0 Å². The molecule has 0 aliphatic rings. The molecule has 0 fully saturated rings. The Balaban J connectivity index is 1.91. The minimum absolute atomic E-state index is 0.0732. The van der Waals surface area contributed by atoms with Crippen LogP contribution in [0.25, 0.3) is 0 Å². The van der Waals surface area contributed by atoms with Gasteiger partial charge in [0, 0.05) is 24.7 Å². The second kappa shape index (κ2) is 6.73. The molecule has 0 aliphatic carbocycles. The van der Waals surface area contributed by atoms with Crippen molar-refractivity contribution >= 4 is 0 Å². The van der Waals surface area contributed by atoms with Crippen molar-refractivity contribution in [3.63, 3.8) is 0 Å². The summed E-state index contributed by atoms with van der Waals surface area (Å²) in [7, 11) is 2.13. The molecular weight excluding hydrogens is 248 g/mol. The minimum Gasteiger partial charge on any atom is -0.469 e. The van der Waals surface area contributed by atoms with Crippen molar-refractivity contribution in [1.29, 1.82) is 0 Å². The van der Waals surface area contributed by atoms with E-state index in [1.54, 1.807) is 6.26 Å². The summed E-state index contributed by atoms with van der Waals surface area (Å²) in [5.74, 6) is 1.39. The predicted octanol–water partition coefficient (Wildman–Crippen LogP) is 3.36. The Hall–Kier alpha value is -1.58. The largest absolute Gasteiger partial charge is 0.469 e. The van der Waals surface area contributed by atoms with Crippen LogP contribution >= 0.6 is 0 Å². The van der Waals surface area contributed by atoms with Crippen LogP contribution in [0.3, 0.4) is 0 Å². The molecule has 2 N–H and O–H groups in total. The highest BCUT2D eigenvalue weighted by atomic mass is 16.3. The molecule has 20 heavy (non-hydrogen) atoms. The molecule has 0 saturated heterocycles. The van der Waals surface area contributed by atoms with E-state index in [0.29, 0.717) is 5.92 Å². The molecular formula is C17H24N2O. The maximum Gasteiger partial charge on any atom is 0.105 e. The summed E-state index contributed by atoms with van der Waals surface area (Å²) in [4.78, 5) is 2.30. The van der Waals surface area contributed by atoms with Crippen LogP contribution in [0, 0.1) is 12.8 Å². The van der Waals surface area contributed by atoms with Gasteiger partial charge in [-0.15, -0.1) is 0 Å². The highest BCUT2D eigenvalue weighted by Crippen LogP contribution is 2.20. The lowest BCUT2D eigenvalue weighted by atomic mass is 9.95. The van der Waals surface area contributed by atoms with Gasteiger partial charge in [-0.1, -0.05) is 37.3 Å². The Morgan fingerprint density at radius 1 is 1.20 bits per heavy atom. The molecule has 2 atom stereocenters. The van der Waals surface area contributed by atoms with E-state index in [0.717, 1.165) is 18.8 Å². The first-order chi connectivity index (χ1) is 9.58. The van der Waals surface area contributed by atoms with Crippen LogP contribution < -0.4 is 5.73 Å². The van der Waals surface area contributed by atoms with Crippen molar-refractivity contribution in [1.82, 2.24) is 4.90 Å². The molecule has 0 amide bonds. The van der Waals surface area contributed by atoms with Crippen molar-refractivity contribution in [2.75, 3.05) is 13.6 Å². The second-order valence-electron chi connectivity index (χ2n) is 5.61. The van der Waals surface area contributed by atoms with E-state index in [1.807, 2.05) is 31.2 Å². The monoisotopic (exact) mass is 272 g/mol. The summed E-state index contributed by atoms with van der Waals surface area (Å²) in [5, 5.41) is 0. The Morgan fingerprint density at radius 3 is 2.50 bits per heavy atom. The zero-order valence-electron chi connectivity index (χ0n) is 12.5. The van der Waals surface area contributed by atoms with Crippen molar-refractivity contribution < 1.29 is 4.42 Å². The molecule has 3 heteroatoms. The molecule has 3 nitrogen and oxygen atoms in total. The van der Waals surface area contributed by atoms with Gasteiger partial charge in [-0.3, -0.25) is 0 Å². The van der Waals surface area contributed by atoms with Gasteiger partial charge in [0.1, 0.15) is 5.76 Å². The maximum absolute atomic E-state index is 6.34. The Bertz CT molecular complexity index is 521. The smallest absolute Gasteiger partial charge is 0.105 e. The van der Waals surface area contributed by atoms with Crippen LogP contribution in [0.15, 0.2) is 47.1 Å². The van der Waals surface area contributed by atoms with Gasteiger partial charge in [0.15, 0.2) is 0 Å². The second-order valence-corrected chi connectivity index (χ2v) is 5.61. The standard InChI is InChI=1S/C17H24N2O/c1-13(17(18)15-7-5-4-6-8-15)11-19(3)12-16-9-10-20-14(16)2/h4-10,13,17H,11-12,18H2,1-3H3. The predicted molar refractivity (Wildman–Crippen MR) is 82.3 cm³/mol. The number of nitrogens with zero attached hydrogens (tertiary/aromatic N) is 1. The van der Waals surface area contributed by atoms with Gasteiger partial charge in [-0.2, -0.15) is 0 Å². The Labute approximate surface area is 121 Å². The molecule has 2 rings (SSSR count). The van der Waals surface area contributed by atoms with Crippen LogP contribution in [-0.4, -0.2) is 18.5 Å². The van der Waals surface area contributed by atoms with Crippen LogP contribution in [0.5, 0.6) is 0 Å². The zero-order chi connectivity index (χ0) is 14.5. The number of hydrogen-bond donors (Lipinski definition) is 1. The summed E-state index contributed by atoms with van der Waals surface area (Å²) >= 11 is 0. The van der Waals surface area contributed by atoms with Crippen molar-refractivity contribution in [3.8, 4) is 0 Å². The van der Waals surface area contributed by atoms with Gasteiger partial charge in [0.25, 0.3) is 0 Å². The molecule has 2 aromatic rings. The van der Waals surface area contributed by atoms with Gasteiger partial charge in [0.2, 0.25) is 0 Å². The highest BCUT2D eigenvalue weighted by Gasteiger charge is 2.17. The molecule has 0 saturated carbocycles. The number of furan rings is 1. The normalized spacial score (nSPS) is 14.4. The number of nitrogens with two attached hydrogens (primary N) is 1. The van der Waals surface area contributed by atoms with E-state index in [2.05, 4.69) is 31.0 Å². The molecule has 1 heterocycles. The molecule has 1 aromatic carbocycles. The molecule has 0 aliphatic heterocycles. The van der Waals surface area contributed by atoms with Gasteiger partial charge in [-0.05, 0) is 31.5 Å². The first kappa shape index (κ1) is 14.8. The van der Waals surface area contributed by atoms with E-state index in [9.17, 15) is 0 Å². The fourth-order valence-electron chi connectivity index (χ4n) is 2.54. The van der Waals surface area contributed by atoms with Crippen LogP contribution in [0.4, 0.5) is 0 Å². The number of aryl methyl sites for hydroxylation is 1. The Kier molecular flexibility index (Phi) is 4.99. The average molecular weight is 272 g/mol. The van der Waals surface area contributed by atoms with Crippen molar-refractivity contribution in [2.24, 2.45) is 11.7 Å². The van der Waals surface area contributed by atoms with Crippen LogP contribution in [0.1, 0.15) is 29.9 Å². The molecule has 1 aromatic heterocycles. The van der Waals surface area contributed by atoms with Crippen molar-refractivity contribution in [2.45, 2.75) is 26.4 Å². The lowest BCUT2D eigenvalue weighted by Gasteiger charge is -2.26. The molecule has 2 unspecified atom stereocenters. The summed E-state index contributed by atoms with van der Waals surface area (Å²) in [6.07, 6.45) is 1.75. The van der Waals surface area contributed by atoms with E-state index < -0.39 is 0 Å². The number of rotatable bonds is 6. The van der Waals surface area contributed by atoms with E-state index in [4.69, 9.17) is 10.2 Å². The maximum atomic E-state index is 6.34. The summed E-state index contributed by atoms with van der Waals surface area (Å²) in [6, 6.07) is 12.4. The molecule has 0 bridgehead atoms. The summed E-state index contributed by atoms with van der Waals surface area (Å²) in [5.41, 5.74) is 8.79. The number of hydrogen-bond acceptors (Lipinski definition) is 3. The van der Waals surface area contributed by atoms with E-state index in [-0.39, 0.29) is 6.04 Å². The van der Waals surface area contributed by atoms with Crippen LogP contribution in [0.2, 0.25) is 0 Å². The third-order valence-electron chi connectivity index (χ3n) is 3.80. The lowest BCUT2D eigenvalue weighted by molar-refractivity contribution is 0.256. The first-order valence-electron chi connectivity index (χ1n) is 7.10. The fourth-order valence-corrected chi connectivity index (χ4v) is 2.54. The van der Waals surface area contributed by atoms with Crippen LogP contribution in [-0.2, 0) is 6.54 Å².